The molecule has 1 aliphatic rings. The Kier molecular flexibility index (Phi) is 4.63. The van der Waals surface area contributed by atoms with E-state index in [2.05, 4.69) is 15.2 Å². The van der Waals surface area contributed by atoms with Gasteiger partial charge in [-0.15, -0.1) is 11.3 Å². The van der Waals surface area contributed by atoms with Gasteiger partial charge in [0.1, 0.15) is 10.8 Å². The molecule has 0 spiro atoms. The second kappa shape index (κ2) is 6.68. The van der Waals surface area contributed by atoms with Gasteiger partial charge in [-0.2, -0.15) is 0 Å². The second-order valence-corrected chi connectivity index (χ2v) is 7.24. The zero-order valence-electron chi connectivity index (χ0n) is 13.4. The van der Waals surface area contributed by atoms with E-state index in [0.717, 1.165) is 28.4 Å². The summed E-state index contributed by atoms with van der Waals surface area (Å²) in [6.45, 7) is 5.73. The number of rotatable bonds is 4. The number of carbonyl (C=O) groups is 1. The molecule has 122 valence electrons. The molecule has 0 radical (unpaired) electrons. The van der Waals surface area contributed by atoms with Gasteiger partial charge in [0.25, 0.3) is 0 Å². The van der Waals surface area contributed by atoms with Crippen molar-refractivity contribution in [2.75, 3.05) is 13.1 Å². The minimum Gasteiger partial charge on any atom is -0.508 e. The van der Waals surface area contributed by atoms with Gasteiger partial charge >= 0.3 is 0 Å². The Labute approximate surface area is 140 Å². The number of benzene rings is 1. The summed E-state index contributed by atoms with van der Waals surface area (Å²) in [5.74, 6) is 0.309. The first kappa shape index (κ1) is 16.0. The molecule has 6 heteroatoms. The van der Waals surface area contributed by atoms with E-state index in [4.69, 9.17) is 0 Å². The molecule has 0 saturated heterocycles. The molecule has 1 aromatic carbocycles. The number of aryl methyl sites for hydroxylation is 1. The van der Waals surface area contributed by atoms with Crippen LogP contribution in [0.25, 0.3) is 0 Å². The fraction of sp³-hybridized carbons (Fsp3) is 0.412. The van der Waals surface area contributed by atoms with Crippen LogP contribution in [0.5, 0.6) is 5.75 Å². The number of aromatic nitrogens is 1. The van der Waals surface area contributed by atoms with Crippen LogP contribution in [-0.4, -0.2) is 34.0 Å². The number of phenolic OH excluding ortho intramolecular Hbond substituents is 1. The molecule has 0 saturated carbocycles. The maximum atomic E-state index is 12.3. The summed E-state index contributed by atoms with van der Waals surface area (Å²) < 4.78 is 0. The highest BCUT2D eigenvalue weighted by atomic mass is 32.1. The molecule has 1 amide bonds. The fourth-order valence-corrected chi connectivity index (χ4v) is 3.65. The van der Waals surface area contributed by atoms with Gasteiger partial charge in [-0.05, 0) is 31.9 Å². The molecule has 1 unspecified atom stereocenters. The van der Waals surface area contributed by atoms with E-state index in [9.17, 15) is 9.90 Å². The number of carbonyl (C=O) groups excluding carboxylic acids is 1. The molecular formula is C17H21N3O2S. The molecule has 5 nitrogen and oxygen atoms in total. The predicted octanol–water partition coefficient (Wildman–Crippen LogP) is 2.39. The summed E-state index contributed by atoms with van der Waals surface area (Å²) in [7, 11) is 0. The average molecular weight is 331 g/mol. The lowest BCUT2D eigenvalue weighted by Crippen LogP contribution is -2.40. The number of fused-ring (bicyclic) bond motifs is 1. The number of thiazole rings is 1. The van der Waals surface area contributed by atoms with Crippen molar-refractivity contribution in [3.05, 3.63) is 45.4 Å². The lowest BCUT2D eigenvalue weighted by atomic mass is 9.99. The number of hydrogen-bond acceptors (Lipinski definition) is 5. The first-order valence-electron chi connectivity index (χ1n) is 7.76. The van der Waals surface area contributed by atoms with Crippen molar-refractivity contribution < 1.29 is 9.90 Å². The Morgan fingerprint density at radius 1 is 1.52 bits per heavy atom. The zero-order valence-corrected chi connectivity index (χ0v) is 14.2. The maximum Gasteiger partial charge on any atom is 0.234 e. The number of nitrogens with zero attached hydrogens (tertiary/aromatic N) is 2. The zero-order chi connectivity index (χ0) is 16.4. The molecular weight excluding hydrogens is 310 g/mol. The first-order chi connectivity index (χ1) is 11.0. The van der Waals surface area contributed by atoms with E-state index in [0.29, 0.717) is 18.8 Å². The molecule has 23 heavy (non-hydrogen) atoms. The van der Waals surface area contributed by atoms with Gasteiger partial charge in [-0.1, -0.05) is 12.1 Å². The smallest absolute Gasteiger partial charge is 0.234 e. The van der Waals surface area contributed by atoms with Crippen LogP contribution in [-0.2, 0) is 17.8 Å². The van der Waals surface area contributed by atoms with Crippen LogP contribution in [0.15, 0.2) is 24.4 Å². The molecule has 2 N–H and O–H groups in total. The predicted molar refractivity (Wildman–Crippen MR) is 90.5 cm³/mol. The highest BCUT2D eigenvalue weighted by Gasteiger charge is 2.21. The van der Waals surface area contributed by atoms with E-state index in [1.807, 2.05) is 32.2 Å². The summed E-state index contributed by atoms with van der Waals surface area (Å²) in [5, 5.41) is 13.9. The van der Waals surface area contributed by atoms with Gasteiger partial charge in [-0.3, -0.25) is 9.69 Å². The van der Waals surface area contributed by atoms with E-state index in [-0.39, 0.29) is 11.9 Å². The fourth-order valence-electron chi connectivity index (χ4n) is 2.88. The summed E-state index contributed by atoms with van der Waals surface area (Å²) in [6.07, 6.45) is 2.69. The van der Waals surface area contributed by atoms with Crippen LogP contribution in [0, 0.1) is 6.92 Å². The Morgan fingerprint density at radius 3 is 3.09 bits per heavy atom. The molecule has 2 aromatic rings. The SMILES string of the molecule is Cc1cnc(C(C)NC(=O)CN2CCc3cccc(O)c3C2)s1. The molecule has 1 aliphatic heterocycles. The summed E-state index contributed by atoms with van der Waals surface area (Å²) in [4.78, 5) is 19.8. The Morgan fingerprint density at radius 2 is 2.35 bits per heavy atom. The summed E-state index contributed by atoms with van der Waals surface area (Å²) in [5.41, 5.74) is 2.11. The van der Waals surface area contributed by atoms with E-state index >= 15 is 0 Å². The van der Waals surface area contributed by atoms with Crippen molar-refractivity contribution >= 4 is 17.2 Å². The number of hydrogen-bond donors (Lipinski definition) is 2. The Bertz CT molecular complexity index is 714. The first-order valence-corrected chi connectivity index (χ1v) is 8.58. The number of amides is 1. The second-order valence-electron chi connectivity index (χ2n) is 5.97. The van der Waals surface area contributed by atoms with Gasteiger partial charge in [0.15, 0.2) is 0 Å². The third-order valence-electron chi connectivity index (χ3n) is 4.08. The molecule has 0 aliphatic carbocycles. The Hall–Kier alpha value is -1.92. The summed E-state index contributed by atoms with van der Waals surface area (Å²) >= 11 is 1.60. The number of aromatic hydroxyl groups is 1. The van der Waals surface area contributed by atoms with Gasteiger partial charge in [0, 0.05) is 29.7 Å². The molecule has 1 aromatic heterocycles. The standard InChI is InChI=1S/C17H21N3O2S/c1-11-8-18-17(23-11)12(2)19-16(22)10-20-7-6-13-4-3-5-15(21)14(13)9-20/h3-5,8,12,21H,6-7,9-10H2,1-2H3,(H,19,22). The van der Waals surface area contributed by atoms with Gasteiger partial charge in [0.2, 0.25) is 5.91 Å². The van der Waals surface area contributed by atoms with Crippen molar-refractivity contribution in [1.82, 2.24) is 15.2 Å². The van der Waals surface area contributed by atoms with Crippen LogP contribution in [0.3, 0.4) is 0 Å². The highest BCUT2D eigenvalue weighted by Crippen LogP contribution is 2.26. The van der Waals surface area contributed by atoms with Crippen molar-refractivity contribution in [3.63, 3.8) is 0 Å². The lowest BCUT2D eigenvalue weighted by molar-refractivity contribution is -0.123. The van der Waals surface area contributed by atoms with Crippen LogP contribution in [0.4, 0.5) is 0 Å². The van der Waals surface area contributed by atoms with Gasteiger partial charge < -0.3 is 10.4 Å². The molecule has 3 rings (SSSR count). The largest absolute Gasteiger partial charge is 0.508 e. The van der Waals surface area contributed by atoms with Crippen LogP contribution >= 0.6 is 11.3 Å². The van der Waals surface area contributed by atoms with Crippen molar-refractivity contribution in [2.45, 2.75) is 32.9 Å². The minimum atomic E-state index is -0.0771. The normalized spacial score (nSPS) is 15.9. The van der Waals surface area contributed by atoms with Crippen LogP contribution in [0.1, 0.15) is 34.0 Å². The van der Waals surface area contributed by atoms with E-state index < -0.39 is 0 Å². The number of phenols is 1. The summed E-state index contributed by atoms with van der Waals surface area (Å²) in [6, 6.07) is 5.54. The quantitative estimate of drug-likeness (QED) is 0.903. The topological polar surface area (TPSA) is 65.5 Å². The van der Waals surface area contributed by atoms with Crippen molar-refractivity contribution in [3.8, 4) is 5.75 Å². The highest BCUT2D eigenvalue weighted by molar-refractivity contribution is 7.11. The van der Waals surface area contributed by atoms with Gasteiger partial charge in [0.05, 0.1) is 12.6 Å². The van der Waals surface area contributed by atoms with Crippen LogP contribution < -0.4 is 5.32 Å². The molecule has 0 bridgehead atoms. The third kappa shape index (κ3) is 3.71. The van der Waals surface area contributed by atoms with E-state index in [1.165, 1.54) is 5.56 Å². The Balaban J connectivity index is 1.58. The van der Waals surface area contributed by atoms with Crippen molar-refractivity contribution in [2.24, 2.45) is 0 Å². The third-order valence-corrected chi connectivity index (χ3v) is 5.18. The lowest BCUT2D eigenvalue weighted by Gasteiger charge is -2.28. The van der Waals surface area contributed by atoms with Gasteiger partial charge in [-0.25, -0.2) is 4.98 Å². The number of nitrogens with one attached hydrogen (secondary N) is 1. The van der Waals surface area contributed by atoms with E-state index in [1.54, 1.807) is 17.4 Å². The minimum absolute atomic E-state index is 0.00998. The van der Waals surface area contributed by atoms with Crippen molar-refractivity contribution in [1.29, 1.82) is 0 Å². The average Bonchev–Trinajstić information content (AvgIpc) is 2.95. The molecule has 2 heterocycles. The van der Waals surface area contributed by atoms with Crippen LogP contribution in [0.2, 0.25) is 0 Å². The maximum absolute atomic E-state index is 12.3. The molecule has 1 atom stereocenters. The molecule has 0 fully saturated rings. The monoisotopic (exact) mass is 331 g/mol.